The zero-order valence-corrected chi connectivity index (χ0v) is 12.7. The Morgan fingerprint density at radius 2 is 1.91 bits per heavy atom. The van der Waals surface area contributed by atoms with Crippen LogP contribution in [-0.2, 0) is 4.79 Å². The molecule has 6 nitrogen and oxygen atoms in total. The Labute approximate surface area is 130 Å². The first-order valence-corrected chi connectivity index (χ1v) is 7.87. The van der Waals surface area contributed by atoms with Crippen LogP contribution in [0.15, 0.2) is 18.3 Å². The molecule has 0 bridgehead atoms. The number of nitrogens with zero attached hydrogens (tertiary/aromatic N) is 5. The number of carbonyl (C=O) groups excluding carboxylic acids is 1. The van der Waals surface area contributed by atoms with Crippen LogP contribution in [-0.4, -0.2) is 66.5 Å². The first-order valence-electron chi connectivity index (χ1n) is 7.87. The van der Waals surface area contributed by atoms with Crippen molar-refractivity contribution in [1.82, 2.24) is 14.8 Å². The summed E-state index contributed by atoms with van der Waals surface area (Å²) in [7, 11) is 0. The third kappa shape index (κ3) is 3.37. The predicted octanol–water partition coefficient (Wildman–Crippen LogP) is 0.698. The van der Waals surface area contributed by atoms with E-state index in [4.69, 9.17) is 5.26 Å². The van der Waals surface area contributed by atoms with E-state index in [9.17, 15) is 4.79 Å². The molecule has 2 aliphatic rings. The fraction of sp³-hybridized carbons (Fsp3) is 0.562. The lowest BCUT2D eigenvalue weighted by molar-refractivity contribution is -0.131. The highest BCUT2D eigenvalue weighted by Crippen LogP contribution is 2.15. The molecule has 0 aliphatic carbocycles. The molecule has 1 aromatic heterocycles. The normalized spacial score (nSPS) is 19.2. The van der Waals surface area contributed by atoms with Crippen molar-refractivity contribution in [3.63, 3.8) is 0 Å². The average molecular weight is 299 g/mol. The highest BCUT2D eigenvalue weighted by atomic mass is 16.2. The van der Waals surface area contributed by atoms with E-state index in [2.05, 4.69) is 20.9 Å². The first-order chi connectivity index (χ1) is 10.8. The van der Waals surface area contributed by atoms with Gasteiger partial charge in [-0.15, -0.1) is 0 Å². The third-order valence-corrected chi connectivity index (χ3v) is 4.39. The summed E-state index contributed by atoms with van der Waals surface area (Å²) in [6.45, 7) is 5.77. The minimum atomic E-state index is 0.260. The molecule has 116 valence electrons. The first kappa shape index (κ1) is 14.8. The molecule has 0 spiro atoms. The second-order valence-corrected chi connectivity index (χ2v) is 5.87. The Kier molecular flexibility index (Phi) is 4.54. The highest BCUT2D eigenvalue weighted by molar-refractivity contribution is 5.78. The summed E-state index contributed by atoms with van der Waals surface area (Å²) in [5.74, 6) is 1.11. The van der Waals surface area contributed by atoms with Gasteiger partial charge >= 0.3 is 0 Å². The van der Waals surface area contributed by atoms with Gasteiger partial charge in [-0.05, 0) is 25.0 Å². The van der Waals surface area contributed by atoms with E-state index < -0.39 is 0 Å². The molecule has 2 saturated heterocycles. The summed E-state index contributed by atoms with van der Waals surface area (Å²) in [5.41, 5.74) is 0.636. The smallest absolute Gasteiger partial charge is 0.236 e. The molecule has 0 radical (unpaired) electrons. The molecule has 0 unspecified atom stereocenters. The van der Waals surface area contributed by atoms with Gasteiger partial charge < -0.3 is 9.80 Å². The molecule has 2 aliphatic heterocycles. The number of piperazine rings is 1. The van der Waals surface area contributed by atoms with Crippen molar-refractivity contribution >= 4 is 11.7 Å². The Morgan fingerprint density at radius 3 is 2.59 bits per heavy atom. The standard InChI is InChI=1S/C16H21N5O/c17-12-14-3-4-18-15(11-14)20-9-7-19(8-10-20)13-16(22)21-5-1-2-6-21/h3-4,11H,1-2,5-10,13H2. The van der Waals surface area contributed by atoms with E-state index in [1.165, 1.54) is 0 Å². The molecule has 22 heavy (non-hydrogen) atoms. The zero-order valence-electron chi connectivity index (χ0n) is 12.7. The van der Waals surface area contributed by atoms with Gasteiger partial charge in [0.05, 0.1) is 18.2 Å². The maximum atomic E-state index is 12.2. The van der Waals surface area contributed by atoms with E-state index in [0.29, 0.717) is 12.1 Å². The van der Waals surface area contributed by atoms with Gasteiger partial charge in [0, 0.05) is 45.5 Å². The third-order valence-electron chi connectivity index (χ3n) is 4.39. The molecule has 6 heteroatoms. The average Bonchev–Trinajstić information content (AvgIpc) is 3.10. The van der Waals surface area contributed by atoms with Gasteiger partial charge in [0.2, 0.25) is 5.91 Å². The number of nitriles is 1. The van der Waals surface area contributed by atoms with Crippen molar-refractivity contribution in [1.29, 1.82) is 5.26 Å². The lowest BCUT2D eigenvalue weighted by Crippen LogP contribution is -2.50. The molecule has 3 rings (SSSR count). The van der Waals surface area contributed by atoms with Crippen LogP contribution in [0.1, 0.15) is 18.4 Å². The predicted molar refractivity (Wildman–Crippen MR) is 83.4 cm³/mol. The number of rotatable bonds is 3. The quantitative estimate of drug-likeness (QED) is 0.822. The number of pyridine rings is 1. The minimum absolute atomic E-state index is 0.260. The maximum absolute atomic E-state index is 12.2. The topological polar surface area (TPSA) is 63.5 Å². The van der Waals surface area contributed by atoms with Crippen LogP contribution in [0.25, 0.3) is 0 Å². The number of anilines is 1. The van der Waals surface area contributed by atoms with Gasteiger partial charge in [0.25, 0.3) is 0 Å². The summed E-state index contributed by atoms with van der Waals surface area (Å²) in [4.78, 5) is 22.9. The fourth-order valence-electron chi connectivity index (χ4n) is 3.05. The Hall–Kier alpha value is -2.13. The number of aromatic nitrogens is 1. The molecule has 0 N–H and O–H groups in total. The lowest BCUT2D eigenvalue weighted by Gasteiger charge is -2.35. The molecule has 1 aromatic rings. The van der Waals surface area contributed by atoms with Crippen molar-refractivity contribution < 1.29 is 4.79 Å². The van der Waals surface area contributed by atoms with E-state index in [-0.39, 0.29) is 5.91 Å². The zero-order chi connectivity index (χ0) is 15.4. The summed E-state index contributed by atoms with van der Waals surface area (Å²) < 4.78 is 0. The van der Waals surface area contributed by atoms with Crippen LogP contribution in [0, 0.1) is 11.3 Å². The second-order valence-electron chi connectivity index (χ2n) is 5.87. The van der Waals surface area contributed by atoms with Gasteiger partial charge in [-0.3, -0.25) is 9.69 Å². The number of hydrogen-bond donors (Lipinski definition) is 0. The SMILES string of the molecule is N#Cc1ccnc(N2CCN(CC(=O)N3CCCC3)CC2)c1. The van der Waals surface area contributed by atoms with E-state index >= 15 is 0 Å². The summed E-state index contributed by atoms with van der Waals surface area (Å²) >= 11 is 0. The number of likely N-dealkylation sites (tertiary alicyclic amines) is 1. The molecular weight excluding hydrogens is 278 g/mol. The lowest BCUT2D eigenvalue weighted by atomic mass is 10.2. The number of hydrogen-bond acceptors (Lipinski definition) is 5. The van der Waals surface area contributed by atoms with Crippen LogP contribution in [0.5, 0.6) is 0 Å². The van der Waals surface area contributed by atoms with Gasteiger partial charge in [0.1, 0.15) is 5.82 Å². The minimum Gasteiger partial charge on any atom is -0.354 e. The van der Waals surface area contributed by atoms with E-state index in [1.54, 1.807) is 12.3 Å². The van der Waals surface area contributed by atoms with Crippen LogP contribution in [0.4, 0.5) is 5.82 Å². The molecule has 1 amide bonds. The molecule has 0 saturated carbocycles. The van der Waals surface area contributed by atoms with Crippen LogP contribution < -0.4 is 4.90 Å². The van der Waals surface area contributed by atoms with E-state index in [0.717, 1.165) is 57.9 Å². The van der Waals surface area contributed by atoms with Gasteiger partial charge in [-0.1, -0.05) is 0 Å². The van der Waals surface area contributed by atoms with Crippen molar-refractivity contribution in [3.05, 3.63) is 23.9 Å². The maximum Gasteiger partial charge on any atom is 0.236 e. The van der Waals surface area contributed by atoms with Crippen LogP contribution in [0.3, 0.4) is 0 Å². The van der Waals surface area contributed by atoms with E-state index in [1.807, 2.05) is 11.0 Å². The molecule has 0 atom stereocenters. The fourth-order valence-corrected chi connectivity index (χ4v) is 3.05. The summed E-state index contributed by atoms with van der Waals surface area (Å²) in [6, 6.07) is 5.69. The summed E-state index contributed by atoms with van der Waals surface area (Å²) in [6.07, 6.45) is 3.96. The second kappa shape index (κ2) is 6.75. The van der Waals surface area contributed by atoms with Crippen molar-refractivity contribution in [2.24, 2.45) is 0 Å². The number of amides is 1. The van der Waals surface area contributed by atoms with Gasteiger partial charge in [-0.2, -0.15) is 5.26 Å². The highest BCUT2D eigenvalue weighted by Gasteiger charge is 2.23. The van der Waals surface area contributed by atoms with Crippen molar-refractivity contribution in [3.8, 4) is 6.07 Å². The van der Waals surface area contributed by atoms with Crippen molar-refractivity contribution in [2.45, 2.75) is 12.8 Å². The summed E-state index contributed by atoms with van der Waals surface area (Å²) in [5, 5.41) is 8.96. The van der Waals surface area contributed by atoms with Gasteiger partial charge in [-0.25, -0.2) is 4.98 Å². The monoisotopic (exact) mass is 299 g/mol. The van der Waals surface area contributed by atoms with Crippen LogP contribution in [0.2, 0.25) is 0 Å². The molecule has 2 fully saturated rings. The van der Waals surface area contributed by atoms with Gasteiger partial charge in [0.15, 0.2) is 0 Å². The molecule has 3 heterocycles. The molecular formula is C16H21N5O. The largest absolute Gasteiger partial charge is 0.354 e. The number of carbonyl (C=O) groups is 1. The van der Waals surface area contributed by atoms with Crippen molar-refractivity contribution in [2.75, 3.05) is 50.7 Å². The van der Waals surface area contributed by atoms with Crippen LogP contribution >= 0.6 is 0 Å². The Balaban J connectivity index is 1.51. The molecule has 0 aromatic carbocycles. The Morgan fingerprint density at radius 1 is 1.18 bits per heavy atom. The Bertz CT molecular complexity index is 568.